The van der Waals surface area contributed by atoms with Crippen molar-refractivity contribution in [3.05, 3.63) is 46.5 Å². The van der Waals surface area contributed by atoms with Crippen LogP contribution in [-0.4, -0.2) is 20.1 Å². The van der Waals surface area contributed by atoms with Crippen molar-refractivity contribution in [2.75, 3.05) is 0 Å². The van der Waals surface area contributed by atoms with E-state index in [0.29, 0.717) is 16.2 Å². The van der Waals surface area contributed by atoms with Gasteiger partial charge in [0.15, 0.2) is 0 Å². The first-order valence-electron chi connectivity index (χ1n) is 7.13. The number of aromatic nitrogens is 3. The maximum absolute atomic E-state index is 10.7. The molecule has 1 heterocycles. The standard InChI is InChI=1S/C17H18ClN3O.U.V/c1-10-7-12(17(2,3)4)16(22)15(8-10)21-19-13-6-5-11(18)9-14(13)20-21;;/h5-9,22H,1-4H3;;. The SMILES string of the molecule is Cc1cc(-n2nc3ccc(Cl)cc3n2)c(O)c(C(C)(C)C)c1.[U].[V]. The minimum absolute atomic E-state index is 0. The molecule has 0 saturated heterocycles. The first kappa shape index (κ1) is 21.6. The minimum Gasteiger partial charge on any atom is -0.505 e. The molecule has 0 aliphatic carbocycles. The van der Waals surface area contributed by atoms with E-state index in [4.69, 9.17) is 11.6 Å². The zero-order valence-electron chi connectivity index (χ0n) is 14.0. The summed E-state index contributed by atoms with van der Waals surface area (Å²) in [5, 5.41) is 20.1. The van der Waals surface area contributed by atoms with Crippen LogP contribution in [0, 0.1) is 38.0 Å². The predicted octanol–water partition coefficient (Wildman–Crippen LogP) is 4.38. The molecule has 0 bridgehead atoms. The van der Waals surface area contributed by atoms with Gasteiger partial charge in [-0.25, -0.2) is 0 Å². The van der Waals surface area contributed by atoms with Gasteiger partial charge in [-0.1, -0.05) is 38.4 Å². The van der Waals surface area contributed by atoms with Crippen LogP contribution in [0.2, 0.25) is 5.02 Å². The van der Waals surface area contributed by atoms with E-state index in [0.717, 1.165) is 16.6 Å². The molecular weight excluding hydrogens is 587 g/mol. The van der Waals surface area contributed by atoms with Gasteiger partial charge in [0.05, 0.1) is 0 Å². The molecule has 1 radical (unpaired) electrons. The Morgan fingerprint density at radius 2 is 1.67 bits per heavy atom. The molecule has 3 aromatic rings. The molecule has 4 nitrogen and oxygen atoms in total. The number of aryl methyl sites for hydroxylation is 1. The van der Waals surface area contributed by atoms with Gasteiger partial charge in [0.1, 0.15) is 22.5 Å². The van der Waals surface area contributed by atoms with Crippen LogP contribution in [0.4, 0.5) is 0 Å². The summed E-state index contributed by atoms with van der Waals surface area (Å²) in [6, 6.07) is 9.24. The molecular formula is C17H18ClN3OUV. The summed E-state index contributed by atoms with van der Waals surface area (Å²) >= 11 is 5.99. The summed E-state index contributed by atoms with van der Waals surface area (Å²) in [5.74, 6) is 0.213. The number of phenolic OH excluding ortho intramolecular Hbond substituents is 1. The first-order valence-corrected chi connectivity index (χ1v) is 7.50. The summed E-state index contributed by atoms with van der Waals surface area (Å²) < 4.78 is 0. The van der Waals surface area contributed by atoms with Crippen LogP contribution in [0.1, 0.15) is 31.9 Å². The Labute approximate surface area is 182 Å². The zero-order valence-corrected chi connectivity index (χ0v) is 20.3. The largest absolute Gasteiger partial charge is 0.505 e. The third kappa shape index (κ3) is 4.21. The first-order chi connectivity index (χ1) is 10.3. The third-order valence-electron chi connectivity index (χ3n) is 3.60. The van der Waals surface area contributed by atoms with Crippen LogP contribution in [-0.2, 0) is 24.0 Å². The van der Waals surface area contributed by atoms with Crippen LogP contribution < -0.4 is 0 Å². The fraction of sp³-hybridized carbons (Fsp3) is 0.294. The smallest absolute Gasteiger partial charge is 0.146 e. The topological polar surface area (TPSA) is 50.9 Å². The summed E-state index contributed by atoms with van der Waals surface area (Å²) in [4.78, 5) is 1.47. The van der Waals surface area contributed by atoms with Crippen molar-refractivity contribution in [2.24, 2.45) is 0 Å². The van der Waals surface area contributed by atoms with Crippen LogP contribution in [0.15, 0.2) is 30.3 Å². The van der Waals surface area contributed by atoms with E-state index in [2.05, 4.69) is 31.0 Å². The summed E-state index contributed by atoms with van der Waals surface area (Å²) in [7, 11) is 0. The molecule has 0 amide bonds. The number of hydrogen-bond acceptors (Lipinski definition) is 3. The van der Waals surface area contributed by atoms with Gasteiger partial charge in [-0.05, 0) is 42.2 Å². The fourth-order valence-electron chi connectivity index (χ4n) is 2.48. The maximum atomic E-state index is 10.7. The molecule has 0 spiro atoms. The van der Waals surface area contributed by atoms with Crippen molar-refractivity contribution in [3.8, 4) is 11.4 Å². The molecule has 3 rings (SSSR count). The van der Waals surface area contributed by atoms with Crippen LogP contribution >= 0.6 is 11.6 Å². The number of benzene rings is 2. The van der Waals surface area contributed by atoms with Crippen molar-refractivity contribution in [3.63, 3.8) is 0 Å². The number of phenols is 1. The summed E-state index contributed by atoms with van der Waals surface area (Å²) in [6.45, 7) is 8.20. The Bertz CT molecular complexity index is 874. The van der Waals surface area contributed by atoms with Crippen LogP contribution in [0.25, 0.3) is 16.7 Å². The van der Waals surface area contributed by atoms with E-state index in [1.807, 2.05) is 25.1 Å². The number of nitrogens with zero attached hydrogens (tertiary/aromatic N) is 3. The Morgan fingerprint density at radius 1 is 1.04 bits per heavy atom. The van der Waals surface area contributed by atoms with E-state index in [1.165, 1.54) is 4.80 Å². The number of aromatic hydroxyl groups is 1. The molecule has 0 saturated carbocycles. The third-order valence-corrected chi connectivity index (χ3v) is 3.84. The molecule has 0 aliphatic heterocycles. The number of fused-ring (bicyclic) bond motifs is 1. The quantitative estimate of drug-likeness (QED) is 0.449. The number of halogens is 1. The molecule has 0 aliphatic rings. The second-order valence-electron chi connectivity index (χ2n) is 6.55. The normalized spacial score (nSPS) is 11.0. The van der Waals surface area contributed by atoms with Gasteiger partial charge in [-0.15, -0.1) is 15.0 Å². The Hall–Kier alpha value is -0.434. The fourth-order valence-corrected chi connectivity index (χ4v) is 2.65. The molecule has 1 aromatic heterocycles. The van der Waals surface area contributed by atoms with Gasteiger partial charge < -0.3 is 5.11 Å². The monoisotopic (exact) mass is 604 g/mol. The van der Waals surface area contributed by atoms with Gasteiger partial charge in [0.25, 0.3) is 0 Å². The van der Waals surface area contributed by atoms with Gasteiger partial charge in [0, 0.05) is 60.3 Å². The van der Waals surface area contributed by atoms with Crippen LogP contribution in [0.3, 0.4) is 0 Å². The molecule has 24 heavy (non-hydrogen) atoms. The minimum atomic E-state index is -0.166. The van der Waals surface area contributed by atoms with Crippen molar-refractivity contribution < 1.29 is 54.8 Å². The molecule has 0 atom stereocenters. The molecule has 0 fully saturated rings. The molecule has 1 N–H and O–H groups in total. The van der Waals surface area contributed by atoms with E-state index in [9.17, 15) is 5.11 Å². The van der Waals surface area contributed by atoms with E-state index < -0.39 is 0 Å². The van der Waals surface area contributed by atoms with Crippen molar-refractivity contribution >= 4 is 22.6 Å². The van der Waals surface area contributed by atoms with E-state index in [-0.39, 0.29) is 60.8 Å². The van der Waals surface area contributed by atoms with Crippen molar-refractivity contribution in [1.29, 1.82) is 0 Å². The number of rotatable bonds is 1. The van der Waals surface area contributed by atoms with E-state index in [1.54, 1.807) is 12.1 Å². The second kappa shape index (κ2) is 7.85. The summed E-state index contributed by atoms with van der Waals surface area (Å²) in [5.41, 5.74) is 3.78. The van der Waals surface area contributed by atoms with Crippen molar-refractivity contribution in [1.82, 2.24) is 15.0 Å². The molecule has 2 aromatic carbocycles. The van der Waals surface area contributed by atoms with Crippen molar-refractivity contribution in [2.45, 2.75) is 33.1 Å². The zero-order chi connectivity index (χ0) is 16.1. The Balaban J connectivity index is 0.00000144. The molecule has 0 unspecified atom stereocenters. The Morgan fingerprint density at radius 3 is 2.29 bits per heavy atom. The van der Waals surface area contributed by atoms with Crippen LogP contribution in [0.5, 0.6) is 5.75 Å². The van der Waals surface area contributed by atoms with Gasteiger partial charge in [-0.2, -0.15) is 0 Å². The van der Waals surface area contributed by atoms with Gasteiger partial charge in [0.2, 0.25) is 0 Å². The maximum Gasteiger partial charge on any atom is 0.146 e. The number of hydrogen-bond donors (Lipinski definition) is 1. The molecule has 7 heteroatoms. The van der Waals surface area contributed by atoms with Gasteiger partial charge in [-0.3, -0.25) is 0 Å². The Kier molecular flexibility index (Phi) is 7.07. The molecule has 123 valence electrons. The average molecular weight is 605 g/mol. The van der Waals surface area contributed by atoms with E-state index >= 15 is 0 Å². The average Bonchev–Trinajstić information content (AvgIpc) is 2.82. The summed E-state index contributed by atoms with van der Waals surface area (Å²) in [6.07, 6.45) is 0. The van der Waals surface area contributed by atoms with Gasteiger partial charge >= 0.3 is 0 Å². The predicted molar refractivity (Wildman–Crippen MR) is 89.0 cm³/mol. The second-order valence-corrected chi connectivity index (χ2v) is 6.99.